The summed E-state index contributed by atoms with van der Waals surface area (Å²) in [6.45, 7) is 2.15. The van der Waals surface area contributed by atoms with Gasteiger partial charge in [0.05, 0.1) is 17.0 Å². The molecule has 1 heterocycles. The molecule has 0 bridgehead atoms. The molecule has 1 unspecified atom stereocenters. The van der Waals surface area contributed by atoms with E-state index in [1.54, 1.807) is 18.6 Å². The summed E-state index contributed by atoms with van der Waals surface area (Å²) in [5.74, 6) is -0.297. The van der Waals surface area contributed by atoms with E-state index < -0.39 is 6.04 Å². The van der Waals surface area contributed by atoms with Crippen LogP contribution in [0.25, 0.3) is 0 Å². The summed E-state index contributed by atoms with van der Waals surface area (Å²) in [5, 5.41) is 3.17. The third-order valence-corrected chi connectivity index (χ3v) is 3.78. The van der Waals surface area contributed by atoms with E-state index in [-0.39, 0.29) is 5.97 Å². The van der Waals surface area contributed by atoms with Gasteiger partial charge in [-0.25, -0.2) is 4.79 Å². The van der Waals surface area contributed by atoms with Gasteiger partial charge in [0.25, 0.3) is 0 Å². The maximum absolute atomic E-state index is 12.0. The Labute approximate surface area is 124 Å². The lowest BCUT2D eigenvalue weighted by atomic mass is 10.2. The van der Waals surface area contributed by atoms with E-state index in [1.165, 1.54) is 11.3 Å². The SMILES string of the molecule is CCOC(=O)C(Nc1ccc(Br)cc1)c1cncs1. The number of carbonyl (C=O) groups excluding carboxylic acids is 1. The van der Waals surface area contributed by atoms with Crippen LogP contribution in [0.3, 0.4) is 0 Å². The zero-order valence-electron chi connectivity index (χ0n) is 10.3. The molecule has 19 heavy (non-hydrogen) atoms. The highest BCUT2D eigenvalue weighted by Crippen LogP contribution is 2.24. The Kier molecular flexibility index (Phi) is 4.93. The fourth-order valence-electron chi connectivity index (χ4n) is 1.55. The van der Waals surface area contributed by atoms with E-state index in [9.17, 15) is 4.79 Å². The highest BCUT2D eigenvalue weighted by molar-refractivity contribution is 9.10. The van der Waals surface area contributed by atoms with Gasteiger partial charge in [-0.2, -0.15) is 0 Å². The lowest BCUT2D eigenvalue weighted by molar-refractivity contribution is -0.144. The summed E-state index contributed by atoms with van der Waals surface area (Å²) >= 11 is 4.80. The van der Waals surface area contributed by atoms with Crippen LogP contribution in [0.4, 0.5) is 5.69 Å². The average molecular weight is 341 g/mol. The second-order valence-corrected chi connectivity index (χ2v) is 5.57. The van der Waals surface area contributed by atoms with Crippen molar-refractivity contribution in [1.82, 2.24) is 4.98 Å². The van der Waals surface area contributed by atoms with Gasteiger partial charge in [0.15, 0.2) is 6.04 Å². The quantitative estimate of drug-likeness (QED) is 0.844. The predicted molar refractivity (Wildman–Crippen MR) is 79.3 cm³/mol. The number of rotatable bonds is 5. The molecule has 1 aromatic heterocycles. The van der Waals surface area contributed by atoms with Gasteiger partial charge in [0.1, 0.15) is 0 Å². The Bertz CT molecular complexity index is 528. The predicted octanol–water partition coefficient (Wildman–Crippen LogP) is 3.62. The molecule has 0 radical (unpaired) electrons. The van der Waals surface area contributed by atoms with Crippen LogP contribution < -0.4 is 5.32 Å². The third-order valence-electron chi connectivity index (χ3n) is 2.41. The van der Waals surface area contributed by atoms with Crippen molar-refractivity contribution in [2.75, 3.05) is 11.9 Å². The smallest absolute Gasteiger partial charge is 0.334 e. The molecule has 1 N–H and O–H groups in total. The molecular formula is C13H13BrN2O2S. The number of aromatic nitrogens is 1. The fraction of sp³-hybridized carbons (Fsp3) is 0.231. The van der Waals surface area contributed by atoms with Crippen LogP contribution in [0.2, 0.25) is 0 Å². The van der Waals surface area contributed by atoms with Gasteiger partial charge in [-0.05, 0) is 31.2 Å². The third kappa shape index (κ3) is 3.78. The summed E-state index contributed by atoms with van der Waals surface area (Å²) in [4.78, 5) is 16.8. The minimum absolute atomic E-state index is 0.297. The molecule has 2 rings (SSSR count). The number of nitrogens with one attached hydrogen (secondary N) is 1. The molecule has 100 valence electrons. The fourth-order valence-corrected chi connectivity index (χ4v) is 2.47. The van der Waals surface area contributed by atoms with E-state index in [2.05, 4.69) is 26.2 Å². The van der Waals surface area contributed by atoms with Crippen LogP contribution >= 0.6 is 27.3 Å². The van der Waals surface area contributed by atoms with Crippen LogP contribution in [0.1, 0.15) is 17.8 Å². The Morgan fingerprint density at radius 2 is 2.21 bits per heavy atom. The minimum atomic E-state index is -0.520. The molecule has 0 aliphatic carbocycles. The lowest BCUT2D eigenvalue weighted by Gasteiger charge is -2.16. The summed E-state index contributed by atoms with van der Waals surface area (Å²) in [7, 11) is 0. The number of thiazole rings is 1. The van der Waals surface area contributed by atoms with Crippen LogP contribution in [0.5, 0.6) is 0 Å². The van der Waals surface area contributed by atoms with Gasteiger partial charge in [-0.1, -0.05) is 15.9 Å². The van der Waals surface area contributed by atoms with Gasteiger partial charge in [-0.15, -0.1) is 11.3 Å². The second-order valence-electron chi connectivity index (χ2n) is 3.74. The summed E-state index contributed by atoms with van der Waals surface area (Å²) in [5.41, 5.74) is 2.56. The molecule has 0 aliphatic heterocycles. The first-order valence-electron chi connectivity index (χ1n) is 5.78. The molecule has 1 atom stereocenters. The van der Waals surface area contributed by atoms with E-state index in [4.69, 9.17) is 4.74 Å². The Morgan fingerprint density at radius 1 is 1.47 bits per heavy atom. The number of hydrogen-bond acceptors (Lipinski definition) is 5. The van der Waals surface area contributed by atoms with E-state index >= 15 is 0 Å². The van der Waals surface area contributed by atoms with E-state index in [0.29, 0.717) is 6.61 Å². The van der Waals surface area contributed by atoms with Crippen molar-refractivity contribution in [3.8, 4) is 0 Å². The molecule has 1 aromatic carbocycles. The summed E-state index contributed by atoms with van der Waals surface area (Å²) < 4.78 is 6.08. The van der Waals surface area contributed by atoms with Crippen molar-refractivity contribution < 1.29 is 9.53 Å². The van der Waals surface area contributed by atoms with E-state index in [0.717, 1.165) is 15.0 Å². The molecule has 0 spiro atoms. The molecular weight excluding hydrogens is 328 g/mol. The molecule has 0 saturated heterocycles. The number of nitrogens with zero attached hydrogens (tertiary/aromatic N) is 1. The van der Waals surface area contributed by atoms with Gasteiger partial charge < -0.3 is 10.1 Å². The largest absolute Gasteiger partial charge is 0.464 e. The molecule has 2 aromatic rings. The van der Waals surface area contributed by atoms with Crippen molar-refractivity contribution in [3.05, 3.63) is 45.3 Å². The second kappa shape index (κ2) is 6.68. The first-order valence-corrected chi connectivity index (χ1v) is 7.45. The number of hydrogen-bond donors (Lipinski definition) is 1. The van der Waals surface area contributed by atoms with Crippen LogP contribution in [0.15, 0.2) is 40.4 Å². The zero-order valence-corrected chi connectivity index (χ0v) is 12.7. The van der Waals surface area contributed by atoms with Crippen molar-refractivity contribution in [1.29, 1.82) is 0 Å². The number of halogens is 1. The summed E-state index contributed by atoms with van der Waals surface area (Å²) in [6.07, 6.45) is 1.68. The first-order chi connectivity index (χ1) is 9.20. The van der Waals surface area contributed by atoms with Crippen molar-refractivity contribution >= 4 is 38.9 Å². The monoisotopic (exact) mass is 340 g/mol. The van der Waals surface area contributed by atoms with Gasteiger partial charge in [0.2, 0.25) is 0 Å². The number of esters is 1. The Morgan fingerprint density at radius 3 is 2.79 bits per heavy atom. The van der Waals surface area contributed by atoms with Gasteiger partial charge >= 0.3 is 5.97 Å². The van der Waals surface area contributed by atoms with Crippen molar-refractivity contribution in [3.63, 3.8) is 0 Å². The Balaban J connectivity index is 2.18. The van der Waals surface area contributed by atoms with Gasteiger partial charge in [-0.3, -0.25) is 4.98 Å². The number of anilines is 1. The molecule has 0 amide bonds. The standard InChI is InChI=1S/C13H13BrN2O2S/c1-2-18-13(17)12(11-7-15-8-19-11)16-10-5-3-9(14)4-6-10/h3-8,12,16H,2H2,1H3. The van der Waals surface area contributed by atoms with Crippen molar-refractivity contribution in [2.24, 2.45) is 0 Å². The Hall–Kier alpha value is -1.40. The number of benzene rings is 1. The minimum Gasteiger partial charge on any atom is -0.464 e. The molecule has 0 saturated carbocycles. The number of carbonyl (C=O) groups is 1. The normalized spacial score (nSPS) is 11.9. The topological polar surface area (TPSA) is 51.2 Å². The maximum Gasteiger partial charge on any atom is 0.334 e. The molecule has 0 fully saturated rings. The highest BCUT2D eigenvalue weighted by atomic mass is 79.9. The van der Waals surface area contributed by atoms with E-state index in [1.807, 2.05) is 24.3 Å². The summed E-state index contributed by atoms with van der Waals surface area (Å²) in [6, 6.07) is 7.11. The molecule has 6 heteroatoms. The molecule has 0 aliphatic rings. The maximum atomic E-state index is 12.0. The molecule has 4 nitrogen and oxygen atoms in total. The lowest BCUT2D eigenvalue weighted by Crippen LogP contribution is -2.22. The first kappa shape index (κ1) is 14.0. The highest BCUT2D eigenvalue weighted by Gasteiger charge is 2.23. The average Bonchev–Trinajstić information content (AvgIpc) is 2.92. The van der Waals surface area contributed by atoms with Crippen molar-refractivity contribution in [2.45, 2.75) is 13.0 Å². The van der Waals surface area contributed by atoms with Gasteiger partial charge in [0, 0.05) is 16.4 Å². The number of ether oxygens (including phenoxy) is 1. The van der Waals surface area contributed by atoms with Crippen LogP contribution in [0, 0.1) is 0 Å². The zero-order chi connectivity index (χ0) is 13.7. The van der Waals surface area contributed by atoms with Crippen LogP contribution in [-0.4, -0.2) is 17.6 Å². The van der Waals surface area contributed by atoms with Crippen LogP contribution in [-0.2, 0) is 9.53 Å².